The number of carbonyl (C=O) groups is 2. The molecule has 9 nitrogen and oxygen atoms in total. The molecule has 3 aromatic rings. The van der Waals surface area contributed by atoms with E-state index >= 15 is 0 Å². The van der Waals surface area contributed by atoms with E-state index in [2.05, 4.69) is 44.3 Å². The van der Waals surface area contributed by atoms with Crippen LogP contribution in [-0.4, -0.2) is 63.1 Å². The van der Waals surface area contributed by atoms with E-state index in [4.69, 9.17) is 11.6 Å². The maximum atomic E-state index is 12.8. The van der Waals surface area contributed by atoms with Gasteiger partial charge >= 0.3 is 5.97 Å². The number of aryl methyl sites for hydroxylation is 1. The Bertz CT molecular complexity index is 1180. The zero-order chi connectivity index (χ0) is 23.7. The minimum Gasteiger partial charge on any atom is -0.478 e. The summed E-state index contributed by atoms with van der Waals surface area (Å²) in [5.41, 5.74) is 1.68. The van der Waals surface area contributed by atoms with E-state index < -0.39 is 5.97 Å². The van der Waals surface area contributed by atoms with Gasteiger partial charge in [-0.05, 0) is 25.0 Å². The molecule has 4 N–H and O–H groups in total. The molecule has 4 rings (SSSR count). The SMILES string of the molecule is CCc1[nH]c(C(=O)NC2CCN(c3nc4cccc(C(=O)O)c4s3)C[C@H]2NC(C)C)nc1Cl. The molecule has 2 aromatic heterocycles. The van der Waals surface area contributed by atoms with Gasteiger partial charge in [-0.1, -0.05) is 49.8 Å². The van der Waals surface area contributed by atoms with Crippen molar-refractivity contribution in [3.8, 4) is 0 Å². The number of rotatable bonds is 7. The van der Waals surface area contributed by atoms with Crippen LogP contribution in [0.5, 0.6) is 0 Å². The third kappa shape index (κ3) is 4.97. The van der Waals surface area contributed by atoms with Crippen LogP contribution < -0.4 is 15.5 Å². The zero-order valence-corrected chi connectivity index (χ0v) is 20.3. The number of carboxylic acid groups (broad SMARTS) is 1. The first-order valence-corrected chi connectivity index (χ1v) is 12.1. The first kappa shape index (κ1) is 23.5. The van der Waals surface area contributed by atoms with Crippen LogP contribution in [0.2, 0.25) is 5.15 Å². The molecule has 0 radical (unpaired) electrons. The first-order valence-electron chi connectivity index (χ1n) is 11.0. The van der Waals surface area contributed by atoms with Gasteiger partial charge in [0.25, 0.3) is 5.91 Å². The van der Waals surface area contributed by atoms with E-state index in [1.165, 1.54) is 11.3 Å². The first-order chi connectivity index (χ1) is 15.8. The molecule has 1 aliphatic rings. The zero-order valence-electron chi connectivity index (χ0n) is 18.7. The number of hydrogen-bond acceptors (Lipinski definition) is 7. The lowest BCUT2D eigenvalue weighted by Gasteiger charge is -2.40. The normalized spacial score (nSPS) is 18.8. The summed E-state index contributed by atoms with van der Waals surface area (Å²) in [7, 11) is 0. The lowest BCUT2D eigenvalue weighted by Crippen LogP contribution is -2.60. The summed E-state index contributed by atoms with van der Waals surface area (Å²) in [5, 5.41) is 17.2. The molecular weight excluding hydrogens is 464 g/mol. The smallest absolute Gasteiger partial charge is 0.337 e. The van der Waals surface area contributed by atoms with Crippen molar-refractivity contribution < 1.29 is 14.7 Å². The van der Waals surface area contributed by atoms with Crippen molar-refractivity contribution in [2.24, 2.45) is 0 Å². The van der Waals surface area contributed by atoms with Crippen LogP contribution >= 0.6 is 22.9 Å². The molecule has 1 unspecified atom stereocenters. The van der Waals surface area contributed by atoms with Crippen LogP contribution in [0.1, 0.15) is 53.9 Å². The number of aromatic nitrogens is 3. The number of carbonyl (C=O) groups excluding carboxylic acids is 1. The molecule has 1 aliphatic heterocycles. The maximum absolute atomic E-state index is 12.8. The predicted molar refractivity (Wildman–Crippen MR) is 130 cm³/mol. The van der Waals surface area contributed by atoms with Crippen LogP contribution in [0.3, 0.4) is 0 Å². The van der Waals surface area contributed by atoms with E-state index in [0.717, 1.165) is 10.8 Å². The minimum absolute atomic E-state index is 0.0234. The van der Waals surface area contributed by atoms with Gasteiger partial charge in [0.05, 0.1) is 21.5 Å². The Hall–Kier alpha value is -2.69. The van der Waals surface area contributed by atoms with E-state index in [1.54, 1.807) is 12.1 Å². The number of aromatic amines is 1. The van der Waals surface area contributed by atoms with Gasteiger partial charge in [-0.15, -0.1) is 0 Å². The Kier molecular flexibility index (Phi) is 6.87. The summed E-state index contributed by atoms with van der Waals surface area (Å²) in [4.78, 5) is 38.4. The molecule has 0 aliphatic carbocycles. The number of amides is 1. The molecule has 3 heterocycles. The Morgan fingerprint density at radius 3 is 2.79 bits per heavy atom. The summed E-state index contributed by atoms with van der Waals surface area (Å²) in [5.74, 6) is -1.02. The molecule has 2 atom stereocenters. The molecule has 0 bridgehead atoms. The molecular formula is C22H27ClN6O3S. The van der Waals surface area contributed by atoms with Crippen LogP contribution in [0.15, 0.2) is 18.2 Å². The summed E-state index contributed by atoms with van der Waals surface area (Å²) in [6, 6.07) is 5.23. The van der Waals surface area contributed by atoms with Gasteiger partial charge < -0.3 is 25.6 Å². The van der Waals surface area contributed by atoms with Gasteiger partial charge in [-0.2, -0.15) is 0 Å². The number of anilines is 1. The van der Waals surface area contributed by atoms with Crippen molar-refractivity contribution in [2.75, 3.05) is 18.0 Å². The number of imidazole rings is 1. The number of H-pyrrole nitrogens is 1. The number of carboxylic acids is 1. The molecule has 1 amide bonds. The quantitative estimate of drug-likeness (QED) is 0.400. The third-order valence-electron chi connectivity index (χ3n) is 5.68. The van der Waals surface area contributed by atoms with Crippen LogP contribution in [0.25, 0.3) is 10.2 Å². The second kappa shape index (κ2) is 9.66. The van der Waals surface area contributed by atoms with E-state index in [-0.39, 0.29) is 35.4 Å². The highest BCUT2D eigenvalue weighted by Crippen LogP contribution is 2.33. The van der Waals surface area contributed by atoms with Gasteiger partial charge in [-0.25, -0.2) is 14.8 Å². The maximum Gasteiger partial charge on any atom is 0.337 e. The highest BCUT2D eigenvalue weighted by molar-refractivity contribution is 7.22. The number of thiazole rings is 1. The molecule has 1 aromatic carbocycles. The number of nitrogens with one attached hydrogen (secondary N) is 3. The predicted octanol–water partition coefficient (Wildman–Crippen LogP) is 3.31. The monoisotopic (exact) mass is 490 g/mol. The Morgan fingerprint density at radius 2 is 2.12 bits per heavy atom. The second-order valence-corrected chi connectivity index (χ2v) is 9.74. The van der Waals surface area contributed by atoms with E-state index in [9.17, 15) is 14.7 Å². The van der Waals surface area contributed by atoms with Crippen molar-refractivity contribution >= 4 is 50.2 Å². The van der Waals surface area contributed by atoms with Gasteiger partial charge in [0.15, 0.2) is 16.1 Å². The fourth-order valence-electron chi connectivity index (χ4n) is 4.10. The van der Waals surface area contributed by atoms with E-state index in [0.29, 0.717) is 41.3 Å². The number of halogens is 1. The molecule has 1 saturated heterocycles. The fraction of sp³-hybridized carbons (Fsp3) is 0.455. The number of aromatic carboxylic acids is 1. The summed E-state index contributed by atoms with van der Waals surface area (Å²) < 4.78 is 0.672. The number of benzene rings is 1. The number of hydrogen-bond donors (Lipinski definition) is 4. The van der Waals surface area contributed by atoms with Crippen molar-refractivity contribution in [3.63, 3.8) is 0 Å². The van der Waals surface area contributed by atoms with Crippen molar-refractivity contribution in [1.82, 2.24) is 25.6 Å². The van der Waals surface area contributed by atoms with Gasteiger partial charge in [0.2, 0.25) is 0 Å². The average Bonchev–Trinajstić information content (AvgIpc) is 3.37. The number of piperidine rings is 1. The average molecular weight is 491 g/mol. The van der Waals surface area contributed by atoms with Gasteiger partial charge in [-0.3, -0.25) is 4.79 Å². The van der Waals surface area contributed by atoms with Crippen molar-refractivity contribution in [1.29, 1.82) is 0 Å². The standard InChI is InChI=1S/C22H27ClN6O3S/c1-4-13-18(23)28-19(25-13)20(30)26-14-8-9-29(10-16(14)24-11(2)3)22-27-15-7-5-6-12(21(31)32)17(15)33-22/h5-7,11,14,16,24H,4,8-10H2,1-3H3,(H,25,28)(H,26,30)(H,31,32)/t14?,16-/m1/s1. The van der Waals surface area contributed by atoms with E-state index in [1.807, 2.05) is 13.0 Å². The second-order valence-electron chi connectivity index (χ2n) is 8.41. The molecule has 0 spiro atoms. The molecule has 11 heteroatoms. The largest absolute Gasteiger partial charge is 0.478 e. The lowest BCUT2D eigenvalue weighted by atomic mass is 9.98. The fourth-order valence-corrected chi connectivity index (χ4v) is 5.47. The topological polar surface area (TPSA) is 123 Å². The number of fused-ring (bicyclic) bond motifs is 1. The molecule has 1 fully saturated rings. The molecule has 0 saturated carbocycles. The van der Waals surface area contributed by atoms with Crippen molar-refractivity contribution in [3.05, 3.63) is 40.4 Å². The van der Waals surface area contributed by atoms with Crippen LogP contribution in [0.4, 0.5) is 5.13 Å². The summed E-state index contributed by atoms with van der Waals surface area (Å²) in [6.07, 6.45) is 1.37. The summed E-state index contributed by atoms with van der Waals surface area (Å²) >= 11 is 7.48. The highest BCUT2D eigenvalue weighted by atomic mass is 35.5. The van der Waals surface area contributed by atoms with Gasteiger partial charge in [0.1, 0.15) is 0 Å². The van der Waals surface area contributed by atoms with Gasteiger partial charge in [0, 0.05) is 31.2 Å². The van der Waals surface area contributed by atoms with Crippen LogP contribution in [0, 0.1) is 0 Å². The highest BCUT2D eigenvalue weighted by Gasteiger charge is 2.33. The Balaban J connectivity index is 1.53. The Morgan fingerprint density at radius 1 is 1.33 bits per heavy atom. The minimum atomic E-state index is -0.958. The van der Waals surface area contributed by atoms with Crippen LogP contribution in [-0.2, 0) is 6.42 Å². The molecule has 176 valence electrons. The third-order valence-corrected chi connectivity index (χ3v) is 7.16. The summed E-state index contributed by atoms with van der Waals surface area (Å²) in [6.45, 7) is 7.39. The van der Waals surface area contributed by atoms with Crippen molar-refractivity contribution in [2.45, 2.75) is 51.7 Å². The number of nitrogens with zero attached hydrogens (tertiary/aromatic N) is 3. The lowest BCUT2D eigenvalue weighted by molar-refractivity contribution is 0.0699. The Labute approximate surface area is 200 Å². The molecule has 33 heavy (non-hydrogen) atoms.